The molecule has 208 valence electrons. The van der Waals surface area contributed by atoms with Gasteiger partial charge in [0.05, 0.1) is 5.69 Å². The molecule has 3 aromatic carbocycles. The molecule has 3 N–H and O–H groups in total. The molecule has 5 nitrogen and oxygen atoms in total. The third-order valence-electron chi connectivity index (χ3n) is 7.97. The topological polar surface area (TPSA) is 49.5 Å². The molecule has 2 heterocycles. The first-order valence-corrected chi connectivity index (χ1v) is 14.6. The van der Waals surface area contributed by atoms with E-state index >= 15 is 0 Å². The Bertz CT molecular complexity index is 1480. The van der Waals surface area contributed by atoms with E-state index < -0.39 is 0 Å². The predicted molar refractivity (Wildman–Crippen MR) is 173 cm³/mol. The maximum absolute atomic E-state index is 6.28. The Balaban J connectivity index is 1.53. The van der Waals surface area contributed by atoms with Gasteiger partial charge in [0.15, 0.2) is 0 Å². The SMILES string of the molecule is C/C=C(/NCCC)c1c(-c2cccc(N3CCN(c4ccc(N)cc4)CC3)c2)c(-c2ccc(Cl)cc2)n(C)c1C. The number of aromatic nitrogens is 1. The van der Waals surface area contributed by atoms with Crippen molar-refractivity contribution in [2.45, 2.75) is 27.2 Å². The molecule has 1 aliphatic rings. The lowest BCUT2D eigenvalue weighted by Crippen LogP contribution is -2.46. The van der Waals surface area contributed by atoms with Crippen molar-refractivity contribution >= 4 is 34.4 Å². The summed E-state index contributed by atoms with van der Waals surface area (Å²) in [5, 5.41) is 4.44. The Morgan fingerprint density at radius 3 is 2.17 bits per heavy atom. The molecule has 0 saturated carbocycles. The van der Waals surface area contributed by atoms with Gasteiger partial charge in [0, 0.05) is 84.4 Å². The highest BCUT2D eigenvalue weighted by Crippen LogP contribution is 2.42. The minimum atomic E-state index is 0.746. The smallest absolute Gasteiger partial charge is 0.0566 e. The average Bonchev–Trinajstić information content (AvgIpc) is 3.24. The first-order valence-electron chi connectivity index (χ1n) is 14.2. The van der Waals surface area contributed by atoms with Crippen molar-refractivity contribution in [3.8, 4) is 22.4 Å². The number of anilines is 3. The van der Waals surface area contributed by atoms with Crippen LogP contribution in [0.1, 0.15) is 31.5 Å². The summed E-state index contributed by atoms with van der Waals surface area (Å²) in [5.74, 6) is 0. The minimum Gasteiger partial charge on any atom is -0.399 e. The van der Waals surface area contributed by atoms with Crippen molar-refractivity contribution in [1.82, 2.24) is 9.88 Å². The highest BCUT2D eigenvalue weighted by Gasteiger charge is 2.25. The van der Waals surface area contributed by atoms with Gasteiger partial charge in [-0.3, -0.25) is 0 Å². The summed E-state index contributed by atoms with van der Waals surface area (Å²) in [5.41, 5.74) is 17.7. The van der Waals surface area contributed by atoms with Crippen LogP contribution in [0.3, 0.4) is 0 Å². The van der Waals surface area contributed by atoms with E-state index in [1.165, 1.54) is 45.2 Å². The molecule has 1 aliphatic heterocycles. The van der Waals surface area contributed by atoms with Crippen LogP contribution in [0, 0.1) is 6.92 Å². The van der Waals surface area contributed by atoms with Crippen LogP contribution in [0.4, 0.5) is 17.1 Å². The lowest BCUT2D eigenvalue weighted by molar-refractivity contribution is 0.654. The van der Waals surface area contributed by atoms with Gasteiger partial charge in [-0.25, -0.2) is 0 Å². The van der Waals surface area contributed by atoms with Crippen LogP contribution < -0.4 is 20.9 Å². The third-order valence-corrected chi connectivity index (χ3v) is 8.22. The Kier molecular flexibility index (Phi) is 8.41. The van der Waals surface area contributed by atoms with Gasteiger partial charge in [0.2, 0.25) is 0 Å². The number of nitrogens with one attached hydrogen (secondary N) is 1. The number of piperazine rings is 1. The molecule has 1 aromatic heterocycles. The molecule has 5 rings (SSSR count). The van der Waals surface area contributed by atoms with E-state index in [1.807, 2.05) is 24.3 Å². The number of hydrogen-bond acceptors (Lipinski definition) is 4. The molecule has 0 atom stereocenters. The van der Waals surface area contributed by atoms with Gasteiger partial charge in [-0.1, -0.05) is 48.9 Å². The molecule has 0 bridgehead atoms. The van der Waals surface area contributed by atoms with Gasteiger partial charge in [-0.05, 0) is 79.9 Å². The van der Waals surface area contributed by atoms with Crippen LogP contribution in [0.5, 0.6) is 0 Å². The first-order chi connectivity index (χ1) is 19.4. The third kappa shape index (κ3) is 5.57. The minimum absolute atomic E-state index is 0.746. The number of nitrogens with two attached hydrogens (primary N) is 1. The van der Waals surface area contributed by atoms with E-state index in [2.05, 4.69) is 102 Å². The van der Waals surface area contributed by atoms with E-state index in [4.69, 9.17) is 17.3 Å². The zero-order valence-electron chi connectivity index (χ0n) is 24.0. The molecule has 0 radical (unpaired) electrons. The lowest BCUT2D eigenvalue weighted by atomic mass is 9.94. The summed E-state index contributed by atoms with van der Waals surface area (Å²) in [6.45, 7) is 11.4. The number of nitrogen functional groups attached to an aromatic ring is 1. The number of hydrogen-bond donors (Lipinski definition) is 2. The zero-order chi connectivity index (χ0) is 28.2. The lowest BCUT2D eigenvalue weighted by Gasteiger charge is -2.37. The molecule has 0 amide bonds. The van der Waals surface area contributed by atoms with Crippen molar-refractivity contribution in [2.75, 3.05) is 48.3 Å². The molecule has 0 aliphatic carbocycles. The maximum atomic E-state index is 6.28. The summed E-state index contributed by atoms with van der Waals surface area (Å²) >= 11 is 6.28. The molecule has 0 spiro atoms. The zero-order valence-corrected chi connectivity index (χ0v) is 24.8. The van der Waals surface area contributed by atoms with Crippen molar-refractivity contribution in [1.29, 1.82) is 0 Å². The van der Waals surface area contributed by atoms with Gasteiger partial charge in [0.25, 0.3) is 0 Å². The van der Waals surface area contributed by atoms with Gasteiger partial charge >= 0.3 is 0 Å². The highest BCUT2D eigenvalue weighted by molar-refractivity contribution is 6.30. The summed E-state index contributed by atoms with van der Waals surface area (Å²) in [6.07, 6.45) is 3.27. The number of nitrogens with zero attached hydrogens (tertiary/aromatic N) is 3. The number of allylic oxidation sites excluding steroid dienone is 1. The van der Waals surface area contributed by atoms with Crippen molar-refractivity contribution in [3.05, 3.63) is 95.2 Å². The fraction of sp³-hybridized carbons (Fsp3) is 0.294. The Morgan fingerprint density at radius 1 is 0.900 bits per heavy atom. The van der Waals surface area contributed by atoms with Crippen molar-refractivity contribution < 1.29 is 0 Å². The van der Waals surface area contributed by atoms with Crippen molar-refractivity contribution in [3.63, 3.8) is 0 Å². The molecular formula is C34H40ClN5. The van der Waals surface area contributed by atoms with Crippen LogP contribution in [0.25, 0.3) is 28.1 Å². The fourth-order valence-corrected chi connectivity index (χ4v) is 5.85. The van der Waals surface area contributed by atoms with E-state index in [9.17, 15) is 0 Å². The Morgan fingerprint density at radius 2 is 1.55 bits per heavy atom. The largest absolute Gasteiger partial charge is 0.399 e. The monoisotopic (exact) mass is 553 g/mol. The molecular weight excluding hydrogens is 514 g/mol. The van der Waals surface area contributed by atoms with Gasteiger partial charge in [-0.15, -0.1) is 0 Å². The van der Waals surface area contributed by atoms with Crippen molar-refractivity contribution in [2.24, 2.45) is 7.05 Å². The molecule has 1 fully saturated rings. The van der Waals surface area contributed by atoms with Crippen LogP contribution in [-0.4, -0.2) is 37.3 Å². The standard InChI is InChI=1S/C34H40ClN5/c1-5-18-37-31(6-2)32-24(3)38(4)34(25-10-12-27(35)13-11-25)33(32)26-8-7-9-30(23-26)40-21-19-39(20-22-40)29-16-14-28(36)15-17-29/h6-17,23,37H,5,18-22,36H2,1-4H3/b31-6+. The predicted octanol–water partition coefficient (Wildman–Crippen LogP) is 7.59. The number of halogens is 1. The van der Waals surface area contributed by atoms with Gasteiger partial charge < -0.3 is 25.4 Å². The van der Waals surface area contributed by atoms with Gasteiger partial charge in [0.1, 0.15) is 0 Å². The van der Waals surface area contributed by atoms with Crippen LogP contribution in [0.2, 0.25) is 5.02 Å². The fourth-order valence-electron chi connectivity index (χ4n) is 5.72. The molecule has 40 heavy (non-hydrogen) atoms. The highest BCUT2D eigenvalue weighted by atomic mass is 35.5. The van der Waals surface area contributed by atoms with E-state index in [1.54, 1.807) is 0 Å². The van der Waals surface area contributed by atoms with E-state index in [-0.39, 0.29) is 0 Å². The summed E-state index contributed by atoms with van der Waals surface area (Å²) in [7, 11) is 2.17. The first kappa shape index (κ1) is 27.7. The average molecular weight is 554 g/mol. The second-order valence-electron chi connectivity index (χ2n) is 10.5. The maximum Gasteiger partial charge on any atom is 0.0566 e. The molecule has 1 saturated heterocycles. The van der Waals surface area contributed by atoms with E-state index in [0.717, 1.165) is 55.4 Å². The van der Waals surface area contributed by atoms with E-state index in [0.29, 0.717) is 0 Å². The Hall–Kier alpha value is -3.83. The molecule has 6 heteroatoms. The molecule has 0 unspecified atom stereocenters. The summed E-state index contributed by atoms with van der Waals surface area (Å²) < 4.78 is 2.32. The normalized spacial score (nSPS) is 14.1. The van der Waals surface area contributed by atoms with Crippen LogP contribution >= 0.6 is 11.6 Å². The molecule has 4 aromatic rings. The second kappa shape index (κ2) is 12.1. The quantitative estimate of drug-likeness (QED) is 0.221. The number of benzene rings is 3. The number of rotatable bonds is 8. The summed E-state index contributed by atoms with van der Waals surface area (Å²) in [4.78, 5) is 4.94. The Labute approximate surface area is 243 Å². The second-order valence-corrected chi connectivity index (χ2v) is 10.9. The van der Waals surface area contributed by atoms with Gasteiger partial charge in [-0.2, -0.15) is 0 Å². The summed E-state index contributed by atoms with van der Waals surface area (Å²) in [6, 6.07) is 25.5. The van der Waals surface area contributed by atoms with Crippen LogP contribution in [-0.2, 0) is 7.05 Å². The van der Waals surface area contributed by atoms with Crippen LogP contribution in [0.15, 0.2) is 78.9 Å².